The van der Waals surface area contributed by atoms with Crippen LogP contribution in [0.5, 0.6) is 5.75 Å². The molecule has 0 saturated carbocycles. The summed E-state index contributed by atoms with van der Waals surface area (Å²) >= 11 is 1.46. The Labute approximate surface area is 115 Å². The third-order valence-corrected chi connectivity index (χ3v) is 3.90. The molecule has 0 radical (unpaired) electrons. The maximum Gasteiger partial charge on any atom is 0.310 e. The molecule has 0 aliphatic heterocycles. The number of thiazole rings is 1. The molecule has 0 amide bonds. The predicted octanol–water partition coefficient (Wildman–Crippen LogP) is 2.68. The van der Waals surface area contributed by atoms with Crippen molar-refractivity contribution in [3.05, 3.63) is 45.4 Å². The average molecular weight is 277 g/mol. The number of aryl methyl sites for hydroxylation is 1. The lowest BCUT2D eigenvalue weighted by Gasteiger charge is -2.03. The van der Waals surface area contributed by atoms with Gasteiger partial charge in [0.15, 0.2) is 0 Å². The van der Waals surface area contributed by atoms with E-state index in [2.05, 4.69) is 4.98 Å². The zero-order chi connectivity index (χ0) is 13.8. The summed E-state index contributed by atoms with van der Waals surface area (Å²) in [6.07, 6.45) is 0.740. The maximum absolute atomic E-state index is 10.7. The molecule has 1 heterocycles. The maximum atomic E-state index is 10.7. The lowest BCUT2D eigenvalue weighted by Crippen LogP contribution is -1.98. The Kier molecular flexibility index (Phi) is 4.16. The van der Waals surface area contributed by atoms with E-state index in [1.165, 1.54) is 11.3 Å². The minimum Gasteiger partial charge on any atom is -0.497 e. The van der Waals surface area contributed by atoms with E-state index in [4.69, 9.17) is 9.84 Å². The Balaban J connectivity index is 2.18. The van der Waals surface area contributed by atoms with Crippen LogP contribution in [0.4, 0.5) is 0 Å². The molecule has 1 N–H and O–H groups in total. The number of methoxy groups -OCH3 is 1. The van der Waals surface area contributed by atoms with Crippen molar-refractivity contribution in [2.75, 3.05) is 7.11 Å². The number of aromatic nitrogens is 1. The first-order valence-corrected chi connectivity index (χ1v) is 6.70. The van der Waals surface area contributed by atoms with Gasteiger partial charge in [-0.3, -0.25) is 4.79 Å². The first-order chi connectivity index (χ1) is 9.08. The van der Waals surface area contributed by atoms with E-state index >= 15 is 0 Å². The number of carboxylic acid groups (broad SMARTS) is 1. The number of rotatable bonds is 5. The lowest BCUT2D eigenvalue weighted by atomic mass is 10.1. The van der Waals surface area contributed by atoms with Crippen molar-refractivity contribution in [3.8, 4) is 5.75 Å². The molecule has 0 aliphatic rings. The van der Waals surface area contributed by atoms with E-state index < -0.39 is 5.97 Å². The van der Waals surface area contributed by atoms with Crippen molar-refractivity contribution in [2.45, 2.75) is 19.8 Å². The lowest BCUT2D eigenvalue weighted by molar-refractivity contribution is -0.136. The second kappa shape index (κ2) is 5.84. The monoisotopic (exact) mass is 277 g/mol. The summed E-state index contributed by atoms with van der Waals surface area (Å²) in [5.74, 6) is -0.0212. The first kappa shape index (κ1) is 13.5. The van der Waals surface area contributed by atoms with Crippen LogP contribution in [0.15, 0.2) is 24.3 Å². The molecule has 19 heavy (non-hydrogen) atoms. The summed E-state index contributed by atoms with van der Waals surface area (Å²) in [4.78, 5) is 16.1. The third kappa shape index (κ3) is 3.54. The highest BCUT2D eigenvalue weighted by Crippen LogP contribution is 2.23. The highest BCUT2D eigenvalue weighted by molar-refractivity contribution is 7.11. The molecule has 0 spiro atoms. The molecule has 1 aromatic carbocycles. The van der Waals surface area contributed by atoms with Crippen molar-refractivity contribution in [3.63, 3.8) is 0 Å². The van der Waals surface area contributed by atoms with Gasteiger partial charge in [-0.25, -0.2) is 4.98 Å². The first-order valence-electron chi connectivity index (χ1n) is 5.88. The number of hydrogen-bond acceptors (Lipinski definition) is 4. The van der Waals surface area contributed by atoms with Gasteiger partial charge in [-0.2, -0.15) is 0 Å². The van der Waals surface area contributed by atoms with Crippen molar-refractivity contribution in [2.24, 2.45) is 0 Å². The summed E-state index contributed by atoms with van der Waals surface area (Å²) in [7, 11) is 1.64. The Hall–Kier alpha value is -1.88. The largest absolute Gasteiger partial charge is 0.497 e. The minimum atomic E-state index is -0.846. The molecule has 2 aromatic rings. The number of nitrogens with zero attached hydrogens (tertiary/aromatic N) is 1. The number of hydrogen-bond donors (Lipinski definition) is 1. The van der Waals surface area contributed by atoms with Crippen molar-refractivity contribution >= 4 is 17.3 Å². The molecule has 2 rings (SSSR count). The highest BCUT2D eigenvalue weighted by Gasteiger charge is 2.11. The van der Waals surface area contributed by atoms with Crippen LogP contribution >= 0.6 is 11.3 Å². The smallest absolute Gasteiger partial charge is 0.310 e. The number of carbonyl (C=O) groups is 1. The molecule has 0 bridgehead atoms. The SMILES string of the molecule is COc1cccc(Cc2sc(CC(=O)O)nc2C)c1. The van der Waals surface area contributed by atoms with Crippen LogP contribution in [0.1, 0.15) is 21.1 Å². The van der Waals surface area contributed by atoms with Crippen molar-refractivity contribution in [1.29, 1.82) is 0 Å². The number of benzene rings is 1. The average Bonchev–Trinajstić information content (AvgIpc) is 2.69. The van der Waals surface area contributed by atoms with Crippen LogP contribution in [0, 0.1) is 6.92 Å². The second-order valence-electron chi connectivity index (χ2n) is 4.22. The van der Waals surface area contributed by atoms with E-state index in [-0.39, 0.29) is 6.42 Å². The van der Waals surface area contributed by atoms with Crippen LogP contribution < -0.4 is 4.74 Å². The van der Waals surface area contributed by atoms with E-state index in [9.17, 15) is 4.79 Å². The molecular formula is C14H15NO3S. The van der Waals surface area contributed by atoms with Crippen LogP contribution in [0.2, 0.25) is 0 Å². The van der Waals surface area contributed by atoms with Gasteiger partial charge in [0.1, 0.15) is 10.8 Å². The van der Waals surface area contributed by atoms with Gasteiger partial charge in [-0.1, -0.05) is 12.1 Å². The summed E-state index contributed by atoms with van der Waals surface area (Å²) in [5.41, 5.74) is 2.04. The number of carboxylic acids is 1. The normalized spacial score (nSPS) is 10.4. The zero-order valence-electron chi connectivity index (χ0n) is 10.8. The molecule has 1 aromatic heterocycles. The van der Waals surface area contributed by atoms with Crippen LogP contribution in [0.25, 0.3) is 0 Å². The van der Waals surface area contributed by atoms with Crippen molar-refractivity contribution < 1.29 is 14.6 Å². The standard InChI is InChI=1S/C14H15NO3S/c1-9-12(19-13(15-9)8-14(16)17)7-10-4-3-5-11(6-10)18-2/h3-6H,7-8H2,1-2H3,(H,16,17). The van der Waals surface area contributed by atoms with E-state index in [0.29, 0.717) is 5.01 Å². The van der Waals surface area contributed by atoms with E-state index in [1.807, 2.05) is 31.2 Å². The Bertz CT molecular complexity index is 592. The number of ether oxygens (including phenoxy) is 1. The Morgan fingerprint density at radius 1 is 1.47 bits per heavy atom. The summed E-state index contributed by atoms with van der Waals surface area (Å²) in [6.45, 7) is 1.91. The summed E-state index contributed by atoms with van der Waals surface area (Å²) < 4.78 is 5.19. The molecule has 0 aliphatic carbocycles. The van der Waals surface area contributed by atoms with Crippen LogP contribution in [-0.4, -0.2) is 23.2 Å². The molecule has 0 fully saturated rings. The van der Waals surface area contributed by atoms with Gasteiger partial charge in [-0.15, -0.1) is 11.3 Å². The molecule has 0 atom stereocenters. The van der Waals surface area contributed by atoms with Crippen LogP contribution in [0.3, 0.4) is 0 Å². The topological polar surface area (TPSA) is 59.4 Å². The van der Waals surface area contributed by atoms with Gasteiger partial charge < -0.3 is 9.84 Å². The second-order valence-corrected chi connectivity index (χ2v) is 5.38. The molecule has 100 valence electrons. The van der Waals surface area contributed by atoms with Crippen molar-refractivity contribution in [1.82, 2.24) is 4.98 Å². The fourth-order valence-electron chi connectivity index (χ4n) is 1.83. The van der Waals surface area contributed by atoms with E-state index in [0.717, 1.165) is 28.3 Å². The van der Waals surface area contributed by atoms with Crippen LogP contribution in [-0.2, 0) is 17.6 Å². The molecular weight excluding hydrogens is 262 g/mol. The highest BCUT2D eigenvalue weighted by atomic mass is 32.1. The van der Waals surface area contributed by atoms with Gasteiger partial charge in [0.2, 0.25) is 0 Å². The number of aliphatic carboxylic acids is 1. The minimum absolute atomic E-state index is 0.0103. The third-order valence-electron chi connectivity index (χ3n) is 2.74. The van der Waals surface area contributed by atoms with Gasteiger partial charge in [0.25, 0.3) is 0 Å². The molecule has 0 saturated heterocycles. The van der Waals surface area contributed by atoms with Gasteiger partial charge >= 0.3 is 5.97 Å². The molecule has 4 nitrogen and oxygen atoms in total. The Morgan fingerprint density at radius 2 is 2.26 bits per heavy atom. The zero-order valence-corrected chi connectivity index (χ0v) is 11.7. The molecule has 0 unspecified atom stereocenters. The fraction of sp³-hybridized carbons (Fsp3) is 0.286. The quantitative estimate of drug-likeness (QED) is 0.912. The Morgan fingerprint density at radius 3 is 2.95 bits per heavy atom. The van der Waals surface area contributed by atoms with Gasteiger partial charge in [0.05, 0.1) is 19.2 Å². The van der Waals surface area contributed by atoms with E-state index in [1.54, 1.807) is 7.11 Å². The van der Waals surface area contributed by atoms with Gasteiger partial charge in [-0.05, 0) is 24.6 Å². The molecule has 5 heteroatoms. The fourth-order valence-corrected chi connectivity index (χ4v) is 2.92. The van der Waals surface area contributed by atoms with Gasteiger partial charge in [0, 0.05) is 11.3 Å². The summed E-state index contributed by atoms with van der Waals surface area (Å²) in [5, 5.41) is 9.43. The predicted molar refractivity (Wildman–Crippen MR) is 74.0 cm³/mol. The summed E-state index contributed by atoms with van der Waals surface area (Å²) in [6, 6.07) is 7.86.